The first-order valence-corrected chi connectivity index (χ1v) is 5.22. The van der Waals surface area contributed by atoms with E-state index in [1.165, 1.54) is 11.7 Å². The molecule has 0 N–H and O–H groups in total. The maximum atomic E-state index is 4.13. The second-order valence-corrected chi connectivity index (χ2v) is 2.57. The highest BCUT2D eigenvalue weighted by molar-refractivity contribution is 6.99. The lowest BCUT2D eigenvalue weighted by atomic mass is 10.2. The highest BCUT2D eigenvalue weighted by Gasteiger charge is 1.99. The van der Waals surface area contributed by atoms with Crippen LogP contribution >= 0.6 is 11.7 Å². The molecule has 0 atom stereocenters. The summed E-state index contributed by atoms with van der Waals surface area (Å²) in [6.45, 7) is 9.66. The highest BCUT2D eigenvalue weighted by Crippen LogP contribution is 2.08. The summed E-state index contributed by atoms with van der Waals surface area (Å²) in [5.41, 5.74) is 2.03. The molecule has 0 unspecified atom stereocenters. The molecule has 2 nitrogen and oxygen atoms in total. The monoisotopic (exact) mass is 196 g/mol. The van der Waals surface area contributed by atoms with Gasteiger partial charge in [0.25, 0.3) is 0 Å². The minimum Gasteiger partial charge on any atom is -0.177 e. The fourth-order valence-electron chi connectivity index (χ4n) is 0.745. The van der Waals surface area contributed by atoms with Crippen molar-refractivity contribution in [3.8, 4) is 0 Å². The molecule has 1 heterocycles. The van der Waals surface area contributed by atoms with Crippen LogP contribution in [-0.4, -0.2) is 8.75 Å². The van der Waals surface area contributed by atoms with Crippen LogP contribution in [0.4, 0.5) is 0 Å². The van der Waals surface area contributed by atoms with Crippen molar-refractivity contribution in [2.24, 2.45) is 0 Å². The topological polar surface area (TPSA) is 25.8 Å². The van der Waals surface area contributed by atoms with E-state index in [2.05, 4.69) is 22.2 Å². The Bertz CT molecular complexity index is 264. The summed E-state index contributed by atoms with van der Waals surface area (Å²) in [5.74, 6) is 0. The second kappa shape index (κ2) is 7.68. The molecule has 0 aliphatic carbocycles. The van der Waals surface area contributed by atoms with Gasteiger partial charge in [-0.25, -0.2) is 0 Å². The molecule has 0 aromatic carbocycles. The molecular formula is C10H16N2S. The highest BCUT2D eigenvalue weighted by atomic mass is 32.1. The second-order valence-electron chi connectivity index (χ2n) is 2.04. The lowest BCUT2D eigenvalue weighted by molar-refractivity contribution is 1.07. The number of hydrogen-bond donors (Lipinski definition) is 0. The van der Waals surface area contributed by atoms with Crippen LogP contribution in [0.25, 0.3) is 6.08 Å². The van der Waals surface area contributed by atoms with Crippen LogP contribution in [0.1, 0.15) is 32.2 Å². The van der Waals surface area contributed by atoms with Crippen molar-refractivity contribution in [1.82, 2.24) is 8.75 Å². The molecule has 0 saturated carbocycles. The van der Waals surface area contributed by atoms with Crippen molar-refractivity contribution in [3.63, 3.8) is 0 Å². The van der Waals surface area contributed by atoms with Gasteiger partial charge in [0, 0.05) is 0 Å². The van der Waals surface area contributed by atoms with Crippen LogP contribution in [0.2, 0.25) is 0 Å². The maximum Gasteiger partial charge on any atom is 0.100 e. The van der Waals surface area contributed by atoms with Gasteiger partial charge in [-0.1, -0.05) is 39.5 Å². The van der Waals surface area contributed by atoms with E-state index in [0.717, 1.165) is 17.8 Å². The maximum absolute atomic E-state index is 4.13. The molecule has 0 saturated heterocycles. The van der Waals surface area contributed by atoms with E-state index < -0.39 is 0 Å². The van der Waals surface area contributed by atoms with Gasteiger partial charge in [0.05, 0.1) is 17.4 Å². The summed E-state index contributed by atoms with van der Waals surface area (Å²) < 4.78 is 8.25. The molecular weight excluding hydrogens is 180 g/mol. The number of aryl methyl sites for hydroxylation is 1. The molecule has 1 aromatic rings. The third kappa shape index (κ3) is 3.99. The molecule has 0 fully saturated rings. The summed E-state index contributed by atoms with van der Waals surface area (Å²) >= 11 is 1.26. The number of hydrogen-bond acceptors (Lipinski definition) is 3. The van der Waals surface area contributed by atoms with Gasteiger partial charge in [0.15, 0.2) is 0 Å². The fraction of sp³-hybridized carbons (Fsp3) is 0.400. The van der Waals surface area contributed by atoms with Crippen LogP contribution < -0.4 is 0 Å². The molecule has 0 amide bonds. The summed E-state index contributed by atoms with van der Waals surface area (Å²) in [7, 11) is 0. The normalized spacial score (nSPS) is 9.46. The number of rotatable bonds is 3. The van der Waals surface area contributed by atoms with Gasteiger partial charge in [-0.3, -0.25) is 0 Å². The zero-order chi connectivity index (χ0) is 10.1. The predicted molar refractivity (Wildman–Crippen MR) is 59.9 cm³/mol. The summed E-state index contributed by atoms with van der Waals surface area (Å²) in [4.78, 5) is 0. The Hall–Kier alpha value is -0.960. The molecule has 3 heteroatoms. The standard InChI is InChI=1S/C8H10N2S.C2H6/c1-3-5-6-8-7(4-2)9-11-10-8;1-2/h3,5-6H,1,4H2,2H3;1-2H3/b6-5-;. The Morgan fingerprint density at radius 3 is 2.62 bits per heavy atom. The van der Waals surface area contributed by atoms with Crippen molar-refractivity contribution < 1.29 is 0 Å². The van der Waals surface area contributed by atoms with Gasteiger partial charge < -0.3 is 0 Å². The number of nitrogens with zero attached hydrogens (tertiary/aromatic N) is 2. The zero-order valence-corrected chi connectivity index (χ0v) is 9.27. The van der Waals surface area contributed by atoms with Crippen LogP contribution in [0.5, 0.6) is 0 Å². The molecule has 0 radical (unpaired) electrons. The van der Waals surface area contributed by atoms with E-state index in [9.17, 15) is 0 Å². The van der Waals surface area contributed by atoms with Crippen LogP contribution in [0, 0.1) is 0 Å². The Labute approximate surface area is 84.3 Å². The molecule has 1 rings (SSSR count). The van der Waals surface area contributed by atoms with E-state index >= 15 is 0 Å². The van der Waals surface area contributed by atoms with Crippen LogP contribution in [-0.2, 0) is 6.42 Å². The minimum absolute atomic E-state index is 0.938. The largest absolute Gasteiger partial charge is 0.177 e. The van der Waals surface area contributed by atoms with Crippen molar-refractivity contribution >= 4 is 17.8 Å². The summed E-state index contributed by atoms with van der Waals surface area (Å²) in [6.07, 6.45) is 6.47. The van der Waals surface area contributed by atoms with Gasteiger partial charge in [-0.2, -0.15) is 8.75 Å². The lowest BCUT2D eigenvalue weighted by Crippen LogP contribution is -1.82. The van der Waals surface area contributed by atoms with Crippen LogP contribution in [0.15, 0.2) is 18.7 Å². The Kier molecular flexibility index (Phi) is 7.11. The third-order valence-electron chi connectivity index (χ3n) is 1.31. The molecule has 72 valence electrons. The Morgan fingerprint density at radius 1 is 1.38 bits per heavy atom. The van der Waals surface area contributed by atoms with Gasteiger partial charge in [0.1, 0.15) is 5.69 Å². The average molecular weight is 196 g/mol. The third-order valence-corrected chi connectivity index (χ3v) is 1.89. The lowest BCUT2D eigenvalue weighted by Gasteiger charge is -1.86. The summed E-state index contributed by atoms with van der Waals surface area (Å²) in [5, 5.41) is 0. The van der Waals surface area contributed by atoms with Crippen molar-refractivity contribution in [2.75, 3.05) is 0 Å². The quantitative estimate of drug-likeness (QED) is 0.693. The molecule has 0 aliphatic rings. The first-order chi connectivity index (χ1) is 6.38. The molecule has 0 bridgehead atoms. The van der Waals surface area contributed by atoms with Crippen molar-refractivity contribution in [1.29, 1.82) is 0 Å². The molecule has 1 aromatic heterocycles. The predicted octanol–water partition coefficient (Wildman–Crippen LogP) is 3.33. The van der Waals surface area contributed by atoms with E-state index in [1.807, 2.05) is 26.0 Å². The van der Waals surface area contributed by atoms with E-state index in [4.69, 9.17) is 0 Å². The van der Waals surface area contributed by atoms with Gasteiger partial charge in [-0.05, 0) is 12.5 Å². The first kappa shape index (κ1) is 12.0. The first-order valence-electron chi connectivity index (χ1n) is 4.49. The smallest absolute Gasteiger partial charge is 0.100 e. The van der Waals surface area contributed by atoms with Gasteiger partial charge in [-0.15, -0.1) is 0 Å². The molecule has 13 heavy (non-hydrogen) atoms. The molecule has 0 spiro atoms. The Balaban J connectivity index is 0.000000671. The van der Waals surface area contributed by atoms with Crippen molar-refractivity contribution in [3.05, 3.63) is 30.1 Å². The van der Waals surface area contributed by atoms with Gasteiger partial charge in [0.2, 0.25) is 0 Å². The van der Waals surface area contributed by atoms with E-state index in [0.29, 0.717) is 0 Å². The van der Waals surface area contributed by atoms with Crippen molar-refractivity contribution in [2.45, 2.75) is 27.2 Å². The molecule has 0 aliphatic heterocycles. The van der Waals surface area contributed by atoms with Gasteiger partial charge >= 0.3 is 0 Å². The van der Waals surface area contributed by atoms with E-state index in [1.54, 1.807) is 6.08 Å². The fourth-order valence-corrected chi connectivity index (χ4v) is 1.36. The number of allylic oxidation sites excluding steroid dienone is 2. The van der Waals surface area contributed by atoms with E-state index in [-0.39, 0.29) is 0 Å². The number of aromatic nitrogens is 2. The zero-order valence-electron chi connectivity index (χ0n) is 8.45. The average Bonchev–Trinajstić information content (AvgIpc) is 2.65. The van der Waals surface area contributed by atoms with Crippen LogP contribution in [0.3, 0.4) is 0 Å². The SMILES string of the molecule is C=C/C=C\c1nsnc1CC.CC. The Morgan fingerprint density at radius 2 is 2.08 bits per heavy atom. The minimum atomic E-state index is 0.938. The summed E-state index contributed by atoms with van der Waals surface area (Å²) in [6, 6.07) is 0.